The minimum atomic E-state index is -4.04. The maximum atomic E-state index is 12.9. The monoisotopic (exact) mass is 484 g/mol. The third-order valence-corrected chi connectivity index (χ3v) is 6.22. The molecule has 1 atom stereocenters. The molecule has 4 aromatic rings. The quantitative estimate of drug-likeness (QED) is 0.279. The molecule has 0 aliphatic carbocycles. The molecule has 2 aromatic carbocycles. The molecule has 0 spiro atoms. The zero-order valence-electron chi connectivity index (χ0n) is 18.5. The van der Waals surface area contributed by atoms with Gasteiger partial charge in [0.1, 0.15) is 5.75 Å². The number of hydrogen-bond donors (Lipinski definition) is 4. The molecule has 2 heterocycles. The molecular formula is C22H24N6O5S. The summed E-state index contributed by atoms with van der Waals surface area (Å²) in [7, 11) is -0.860. The van der Waals surface area contributed by atoms with Crippen molar-refractivity contribution in [1.82, 2.24) is 19.5 Å². The predicted molar refractivity (Wildman–Crippen MR) is 127 cm³/mol. The molecule has 0 aliphatic rings. The van der Waals surface area contributed by atoms with Gasteiger partial charge in [-0.2, -0.15) is 8.42 Å². The smallest absolute Gasteiger partial charge is 0.282 e. The molecule has 2 aromatic heterocycles. The number of ether oxygens (including phenoxy) is 1. The van der Waals surface area contributed by atoms with E-state index in [9.17, 15) is 18.6 Å². The standard InChI is InChI=1S/C22H24N6O5S/c1-28-11-20(23-13-28)34(31,32)27-22-21(24-17-5-3-4-6-18(17)25-22)26-19-10-16(33-2)8-7-14(19)9-15(30)12-29/h3-8,10-11,13,15,29-30H,9,12H2,1-2H3,(H,24,26)(H,25,27)/t15-/m0/s1. The van der Waals surface area contributed by atoms with Crippen LogP contribution >= 0.6 is 0 Å². The summed E-state index contributed by atoms with van der Waals surface area (Å²) in [5, 5.41) is 22.2. The minimum absolute atomic E-state index is 0.0270. The number of methoxy groups -OCH3 is 1. The summed E-state index contributed by atoms with van der Waals surface area (Å²) in [5.41, 5.74) is 2.21. The van der Waals surface area contributed by atoms with Crippen LogP contribution in [-0.4, -0.2) is 58.0 Å². The van der Waals surface area contributed by atoms with Crippen LogP contribution in [0.4, 0.5) is 17.3 Å². The highest BCUT2D eigenvalue weighted by Crippen LogP contribution is 2.31. The van der Waals surface area contributed by atoms with E-state index in [1.54, 1.807) is 49.5 Å². The van der Waals surface area contributed by atoms with E-state index in [2.05, 4.69) is 25.0 Å². The van der Waals surface area contributed by atoms with Crippen molar-refractivity contribution in [1.29, 1.82) is 0 Å². The first-order chi connectivity index (χ1) is 16.3. The summed E-state index contributed by atoms with van der Waals surface area (Å²) < 4.78 is 35.2. The van der Waals surface area contributed by atoms with Gasteiger partial charge in [0.05, 0.1) is 37.2 Å². The molecular weight excluding hydrogens is 460 g/mol. The number of nitrogens with one attached hydrogen (secondary N) is 2. The second-order valence-corrected chi connectivity index (χ2v) is 9.21. The van der Waals surface area contributed by atoms with Gasteiger partial charge in [-0.3, -0.25) is 4.72 Å². The molecule has 178 valence electrons. The van der Waals surface area contributed by atoms with Crippen molar-refractivity contribution in [2.45, 2.75) is 17.6 Å². The lowest BCUT2D eigenvalue weighted by atomic mass is 10.1. The lowest BCUT2D eigenvalue weighted by Gasteiger charge is -2.17. The Morgan fingerprint density at radius 3 is 2.44 bits per heavy atom. The Balaban J connectivity index is 1.79. The number of aromatic nitrogens is 4. The number of para-hydroxylation sites is 2. The lowest BCUT2D eigenvalue weighted by Crippen LogP contribution is -2.18. The van der Waals surface area contributed by atoms with Crippen LogP contribution in [0.3, 0.4) is 0 Å². The van der Waals surface area contributed by atoms with Crippen molar-refractivity contribution < 1.29 is 23.4 Å². The molecule has 0 unspecified atom stereocenters. The molecule has 0 amide bonds. The normalized spacial score (nSPS) is 12.5. The number of aliphatic hydroxyl groups is 2. The molecule has 34 heavy (non-hydrogen) atoms. The predicted octanol–water partition coefficient (Wildman–Crippen LogP) is 1.81. The Hall–Kier alpha value is -3.74. The van der Waals surface area contributed by atoms with Crippen molar-refractivity contribution in [3.8, 4) is 5.75 Å². The average Bonchev–Trinajstić information content (AvgIpc) is 3.27. The van der Waals surface area contributed by atoms with Crippen molar-refractivity contribution in [2.24, 2.45) is 7.05 Å². The minimum Gasteiger partial charge on any atom is -0.497 e. The van der Waals surface area contributed by atoms with Gasteiger partial charge in [-0.25, -0.2) is 15.0 Å². The van der Waals surface area contributed by atoms with Gasteiger partial charge >= 0.3 is 0 Å². The van der Waals surface area contributed by atoms with E-state index in [4.69, 9.17) is 4.74 Å². The fraction of sp³-hybridized carbons (Fsp3) is 0.227. The van der Waals surface area contributed by atoms with Gasteiger partial charge in [0.15, 0.2) is 16.7 Å². The van der Waals surface area contributed by atoms with E-state index in [0.717, 1.165) is 0 Å². The first-order valence-corrected chi connectivity index (χ1v) is 11.8. The summed E-state index contributed by atoms with van der Waals surface area (Å²) in [6.07, 6.45) is 1.94. The molecule has 0 aliphatic heterocycles. The number of rotatable bonds is 9. The van der Waals surface area contributed by atoms with E-state index in [1.165, 1.54) is 24.2 Å². The number of nitrogens with zero attached hydrogens (tertiary/aromatic N) is 4. The molecule has 4 N–H and O–H groups in total. The first kappa shape index (κ1) is 23.4. The second kappa shape index (κ2) is 9.63. The van der Waals surface area contributed by atoms with Crippen molar-refractivity contribution in [3.63, 3.8) is 0 Å². The molecule has 0 saturated carbocycles. The molecule has 0 bridgehead atoms. The van der Waals surface area contributed by atoms with Crippen LogP contribution in [0, 0.1) is 0 Å². The lowest BCUT2D eigenvalue weighted by molar-refractivity contribution is 0.0956. The molecule has 0 fully saturated rings. The molecule has 0 radical (unpaired) electrons. The van der Waals surface area contributed by atoms with Crippen LogP contribution in [0.15, 0.2) is 60.0 Å². The highest BCUT2D eigenvalue weighted by Gasteiger charge is 2.22. The van der Waals surface area contributed by atoms with E-state index in [-0.39, 0.29) is 23.1 Å². The molecule has 4 rings (SSSR count). The zero-order valence-corrected chi connectivity index (χ0v) is 19.3. The maximum Gasteiger partial charge on any atom is 0.282 e. The van der Waals surface area contributed by atoms with Gasteiger partial charge in [0, 0.05) is 31.4 Å². The number of hydrogen-bond acceptors (Lipinski definition) is 9. The van der Waals surface area contributed by atoms with Gasteiger partial charge in [-0.05, 0) is 23.8 Å². The number of aryl methyl sites for hydroxylation is 1. The summed E-state index contributed by atoms with van der Waals surface area (Å²) in [6.45, 7) is -0.406. The Morgan fingerprint density at radius 1 is 1.12 bits per heavy atom. The SMILES string of the molecule is COc1ccc(C[C@H](O)CO)c(Nc2nc3ccccc3nc2NS(=O)(=O)c2cn(C)cn2)c1. The summed E-state index contributed by atoms with van der Waals surface area (Å²) in [5.74, 6) is 0.654. The van der Waals surface area contributed by atoms with Crippen molar-refractivity contribution >= 4 is 38.4 Å². The Labute approximate surface area is 196 Å². The van der Waals surface area contributed by atoms with Crippen LogP contribution in [0.1, 0.15) is 5.56 Å². The molecule has 11 nitrogen and oxygen atoms in total. The van der Waals surface area contributed by atoms with Gasteiger partial charge in [-0.15, -0.1) is 0 Å². The summed E-state index contributed by atoms with van der Waals surface area (Å²) >= 11 is 0. The second-order valence-electron chi connectivity index (χ2n) is 7.58. The number of benzene rings is 2. The number of fused-ring (bicyclic) bond motifs is 1. The van der Waals surface area contributed by atoms with Gasteiger partial charge < -0.3 is 24.8 Å². The third kappa shape index (κ3) is 5.09. The Morgan fingerprint density at radius 2 is 1.82 bits per heavy atom. The third-order valence-electron chi connectivity index (χ3n) is 4.99. The van der Waals surface area contributed by atoms with Gasteiger partial charge in [0.25, 0.3) is 10.0 Å². The first-order valence-electron chi connectivity index (χ1n) is 10.3. The largest absolute Gasteiger partial charge is 0.497 e. The van der Waals surface area contributed by atoms with Crippen LogP contribution in [-0.2, 0) is 23.5 Å². The number of imidazole rings is 1. The topological polar surface area (TPSA) is 151 Å². The fourth-order valence-corrected chi connectivity index (χ4v) is 4.28. The van der Waals surface area contributed by atoms with E-state index < -0.39 is 22.7 Å². The molecule has 12 heteroatoms. The summed E-state index contributed by atoms with van der Waals surface area (Å²) in [4.78, 5) is 13.0. The number of sulfonamides is 1. The van der Waals surface area contributed by atoms with Crippen LogP contribution in [0.25, 0.3) is 11.0 Å². The van der Waals surface area contributed by atoms with Crippen LogP contribution < -0.4 is 14.8 Å². The highest BCUT2D eigenvalue weighted by molar-refractivity contribution is 7.92. The summed E-state index contributed by atoms with van der Waals surface area (Å²) in [6, 6.07) is 12.2. The van der Waals surface area contributed by atoms with E-state index in [1.807, 2.05) is 0 Å². The highest BCUT2D eigenvalue weighted by atomic mass is 32.2. The van der Waals surface area contributed by atoms with Crippen molar-refractivity contribution in [2.75, 3.05) is 23.8 Å². The van der Waals surface area contributed by atoms with Crippen LogP contribution in [0.2, 0.25) is 0 Å². The van der Waals surface area contributed by atoms with Crippen molar-refractivity contribution in [3.05, 3.63) is 60.6 Å². The fourth-order valence-electron chi connectivity index (χ4n) is 3.29. The number of aliphatic hydroxyl groups excluding tert-OH is 2. The Kier molecular flexibility index (Phi) is 6.63. The number of anilines is 3. The van der Waals surface area contributed by atoms with Gasteiger partial charge in [0.2, 0.25) is 0 Å². The molecule has 0 saturated heterocycles. The Bertz CT molecular complexity index is 1420. The zero-order chi connectivity index (χ0) is 24.3. The van der Waals surface area contributed by atoms with Gasteiger partial charge in [-0.1, -0.05) is 18.2 Å². The van der Waals surface area contributed by atoms with E-state index >= 15 is 0 Å². The average molecular weight is 485 g/mol. The van der Waals surface area contributed by atoms with Crippen LogP contribution in [0.5, 0.6) is 5.75 Å². The van der Waals surface area contributed by atoms with E-state index in [0.29, 0.717) is 28.0 Å². The maximum absolute atomic E-state index is 12.9.